The highest BCUT2D eigenvalue weighted by molar-refractivity contribution is 6.11. The Morgan fingerprint density at radius 1 is 1.00 bits per heavy atom. The van der Waals surface area contributed by atoms with Gasteiger partial charge in [0.25, 0.3) is 0 Å². The van der Waals surface area contributed by atoms with Crippen molar-refractivity contribution >= 4 is 22.3 Å². The average Bonchev–Trinajstić information content (AvgIpc) is 3.26. The number of nitrogens with zero attached hydrogens (tertiary/aromatic N) is 1. The lowest BCUT2D eigenvalue weighted by atomic mass is 9.95. The molecule has 0 radical (unpaired) electrons. The molecule has 1 aromatic heterocycles. The standard InChI is InChI=1S/C29H36N2O/c1-3-5-7-16-31-17-14-23(15-18-31)27-21-30-28-13-12-25(20-26(27)28)29(32)24-11-8-10-22(19-24)9-6-4-2/h8,10-14,19-21,30H,3-7,9,15-18H2,1-2H3. The lowest BCUT2D eigenvalue weighted by Crippen LogP contribution is -2.29. The van der Waals surface area contributed by atoms with Crippen LogP contribution < -0.4 is 0 Å². The number of rotatable bonds is 10. The second-order valence-corrected chi connectivity index (χ2v) is 9.08. The quantitative estimate of drug-likeness (QED) is 0.278. The van der Waals surface area contributed by atoms with Crippen molar-refractivity contribution in [2.24, 2.45) is 0 Å². The predicted molar refractivity (Wildman–Crippen MR) is 135 cm³/mol. The van der Waals surface area contributed by atoms with Crippen LogP contribution in [-0.2, 0) is 6.42 Å². The second-order valence-electron chi connectivity index (χ2n) is 9.08. The van der Waals surface area contributed by atoms with Crippen LogP contribution >= 0.6 is 0 Å². The summed E-state index contributed by atoms with van der Waals surface area (Å²) in [7, 11) is 0. The van der Waals surface area contributed by atoms with Crippen molar-refractivity contribution in [2.75, 3.05) is 19.6 Å². The fourth-order valence-electron chi connectivity index (χ4n) is 4.69. The van der Waals surface area contributed by atoms with E-state index in [0.717, 1.165) is 60.8 Å². The SMILES string of the molecule is CCCCCN1CC=C(c2c[nH]c3ccc(C(=O)c4cccc(CCCC)c4)cc23)CC1. The summed E-state index contributed by atoms with van der Waals surface area (Å²) in [5.41, 5.74) is 6.54. The van der Waals surface area contributed by atoms with E-state index in [2.05, 4.69) is 54.2 Å². The van der Waals surface area contributed by atoms with Crippen LogP contribution in [0, 0.1) is 0 Å². The first kappa shape index (κ1) is 22.5. The van der Waals surface area contributed by atoms with E-state index in [9.17, 15) is 4.79 Å². The summed E-state index contributed by atoms with van der Waals surface area (Å²) >= 11 is 0. The van der Waals surface area contributed by atoms with Crippen molar-refractivity contribution in [2.45, 2.75) is 58.8 Å². The first-order chi connectivity index (χ1) is 15.7. The third kappa shape index (κ3) is 5.21. The average molecular weight is 429 g/mol. The smallest absolute Gasteiger partial charge is 0.193 e. The number of aromatic nitrogens is 1. The molecule has 0 aliphatic carbocycles. The number of ketones is 1. The topological polar surface area (TPSA) is 36.1 Å². The van der Waals surface area contributed by atoms with Gasteiger partial charge in [-0.25, -0.2) is 0 Å². The number of hydrogen-bond acceptors (Lipinski definition) is 2. The fraction of sp³-hybridized carbons (Fsp3) is 0.414. The number of H-pyrrole nitrogens is 1. The van der Waals surface area contributed by atoms with E-state index in [1.807, 2.05) is 24.3 Å². The molecule has 1 N–H and O–H groups in total. The Bertz CT molecular complexity index is 1090. The number of hydrogen-bond donors (Lipinski definition) is 1. The van der Waals surface area contributed by atoms with E-state index in [4.69, 9.17) is 0 Å². The van der Waals surface area contributed by atoms with Crippen molar-refractivity contribution in [1.29, 1.82) is 0 Å². The molecule has 3 aromatic rings. The number of carbonyl (C=O) groups is 1. The van der Waals surface area contributed by atoms with Gasteiger partial charge in [0.15, 0.2) is 5.78 Å². The van der Waals surface area contributed by atoms with Gasteiger partial charge in [0.2, 0.25) is 0 Å². The van der Waals surface area contributed by atoms with Gasteiger partial charge in [-0.3, -0.25) is 9.69 Å². The molecule has 168 valence electrons. The fourth-order valence-corrected chi connectivity index (χ4v) is 4.69. The first-order valence-corrected chi connectivity index (χ1v) is 12.4. The van der Waals surface area contributed by atoms with E-state index in [1.54, 1.807) is 0 Å². The number of nitrogens with one attached hydrogen (secondary N) is 1. The van der Waals surface area contributed by atoms with E-state index in [-0.39, 0.29) is 5.78 Å². The number of benzene rings is 2. The van der Waals surface area contributed by atoms with Gasteiger partial charge >= 0.3 is 0 Å². The van der Waals surface area contributed by atoms with Crippen LogP contribution in [0.3, 0.4) is 0 Å². The molecule has 0 saturated carbocycles. The molecular weight excluding hydrogens is 392 g/mol. The Kier molecular flexibility index (Phi) is 7.59. The highest BCUT2D eigenvalue weighted by Gasteiger charge is 2.17. The highest BCUT2D eigenvalue weighted by Crippen LogP contribution is 2.30. The van der Waals surface area contributed by atoms with Gasteiger partial charge in [-0.1, -0.05) is 57.4 Å². The molecule has 0 bridgehead atoms. The summed E-state index contributed by atoms with van der Waals surface area (Å²) in [6, 6.07) is 14.2. The number of fused-ring (bicyclic) bond motifs is 1. The van der Waals surface area contributed by atoms with Crippen LogP contribution in [-0.4, -0.2) is 35.3 Å². The van der Waals surface area contributed by atoms with E-state index in [1.165, 1.54) is 42.5 Å². The molecule has 0 fully saturated rings. The van der Waals surface area contributed by atoms with Crippen LogP contribution in [0.15, 0.2) is 54.7 Å². The van der Waals surface area contributed by atoms with Crippen LogP contribution in [0.4, 0.5) is 0 Å². The highest BCUT2D eigenvalue weighted by atomic mass is 16.1. The third-order valence-electron chi connectivity index (χ3n) is 6.67. The van der Waals surface area contributed by atoms with Gasteiger partial charge in [0, 0.05) is 46.9 Å². The molecule has 0 unspecified atom stereocenters. The van der Waals surface area contributed by atoms with Crippen molar-refractivity contribution < 1.29 is 4.79 Å². The lowest BCUT2D eigenvalue weighted by molar-refractivity contribution is 0.103. The summed E-state index contributed by atoms with van der Waals surface area (Å²) in [5.74, 6) is 0.108. The number of aromatic amines is 1. The van der Waals surface area contributed by atoms with Crippen LogP contribution in [0.1, 0.15) is 79.4 Å². The van der Waals surface area contributed by atoms with Gasteiger partial charge in [-0.2, -0.15) is 0 Å². The number of unbranched alkanes of at least 4 members (excludes halogenated alkanes) is 3. The predicted octanol–water partition coefficient (Wildman–Crippen LogP) is 7.02. The molecular formula is C29H36N2O. The van der Waals surface area contributed by atoms with Crippen molar-refractivity contribution in [3.05, 3.63) is 77.0 Å². The Hall–Kier alpha value is -2.65. The molecule has 0 saturated heterocycles. The minimum Gasteiger partial charge on any atom is -0.361 e. The summed E-state index contributed by atoms with van der Waals surface area (Å²) in [6.45, 7) is 7.79. The van der Waals surface area contributed by atoms with Gasteiger partial charge in [0.1, 0.15) is 0 Å². The molecule has 3 nitrogen and oxygen atoms in total. The van der Waals surface area contributed by atoms with Crippen LogP contribution in [0.2, 0.25) is 0 Å². The maximum absolute atomic E-state index is 13.3. The number of aryl methyl sites for hydroxylation is 1. The van der Waals surface area contributed by atoms with Gasteiger partial charge in [-0.05, 0) is 67.6 Å². The molecule has 2 aromatic carbocycles. The molecule has 1 aliphatic heterocycles. The second kappa shape index (κ2) is 10.8. The zero-order valence-corrected chi connectivity index (χ0v) is 19.6. The van der Waals surface area contributed by atoms with Gasteiger partial charge in [0.05, 0.1) is 0 Å². The summed E-state index contributed by atoms with van der Waals surface area (Å²) in [5, 5.41) is 1.16. The Balaban J connectivity index is 1.54. The first-order valence-electron chi connectivity index (χ1n) is 12.4. The van der Waals surface area contributed by atoms with Crippen molar-refractivity contribution in [3.63, 3.8) is 0 Å². The Morgan fingerprint density at radius 2 is 1.84 bits per heavy atom. The molecule has 32 heavy (non-hydrogen) atoms. The van der Waals surface area contributed by atoms with Crippen LogP contribution in [0.5, 0.6) is 0 Å². The zero-order chi connectivity index (χ0) is 22.3. The molecule has 3 heteroatoms. The normalized spacial score (nSPS) is 14.6. The molecule has 0 atom stereocenters. The summed E-state index contributed by atoms with van der Waals surface area (Å²) in [4.78, 5) is 19.2. The van der Waals surface area contributed by atoms with Crippen molar-refractivity contribution in [1.82, 2.24) is 9.88 Å². The molecule has 2 heterocycles. The van der Waals surface area contributed by atoms with E-state index >= 15 is 0 Å². The van der Waals surface area contributed by atoms with Crippen LogP contribution in [0.25, 0.3) is 16.5 Å². The monoisotopic (exact) mass is 428 g/mol. The molecule has 1 aliphatic rings. The minimum absolute atomic E-state index is 0.108. The largest absolute Gasteiger partial charge is 0.361 e. The lowest BCUT2D eigenvalue weighted by Gasteiger charge is -2.26. The molecule has 0 spiro atoms. The third-order valence-corrected chi connectivity index (χ3v) is 6.67. The molecule has 4 rings (SSSR count). The van der Waals surface area contributed by atoms with E-state index < -0.39 is 0 Å². The maximum atomic E-state index is 13.3. The zero-order valence-electron chi connectivity index (χ0n) is 19.6. The maximum Gasteiger partial charge on any atom is 0.193 e. The Labute approximate surface area is 192 Å². The van der Waals surface area contributed by atoms with Gasteiger partial charge < -0.3 is 4.98 Å². The number of carbonyl (C=O) groups excluding carboxylic acids is 1. The molecule has 0 amide bonds. The van der Waals surface area contributed by atoms with E-state index in [0.29, 0.717) is 0 Å². The van der Waals surface area contributed by atoms with Gasteiger partial charge in [-0.15, -0.1) is 0 Å². The Morgan fingerprint density at radius 3 is 2.62 bits per heavy atom. The summed E-state index contributed by atoms with van der Waals surface area (Å²) < 4.78 is 0. The minimum atomic E-state index is 0.108. The summed E-state index contributed by atoms with van der Waals surface area (Å²) in [6.07, 6.45) is 12.8. The van der Waals surface area contributed by atoms with Crippen molar-refractivity contribution in [3.8, 4) is 0 Å².